The predicted octanol–water partition coefficient (Wildman–Crippen LogP) is 2.00. The summed E-state index contributed by atoms with van der Waals surface area (Å²) in [6, 6.07) is 1.62. The van der Waals surface area contributed by atoms with Crippen molar-refractivity contribution in [2.45, 2.75) is 20.8 Å². The molecule has 2 aromatic heterocycles. The van der Waals surface area contributed by atoms with Gasteiger partial charge >= 0.3 is 0 Å². The summed E-state index contributed by atoms with van der Waals surface area (Å²) in [5.74, 6) is 0.128. The molecule has 0 aliphatic rings. The molecule has 0 bridgehead atoms. The predicted molar refractivity (Wildman–Crippen MR) is 51.6 cm³/mol. The van der Waals surface area contributed by atoms with Gasteiger partial charge in [0.2, 0.25) is 0 Å². The second-order valence-electron chi connectivity index (χ2n) is 2.38. The van der Waals surface area contributed by atoms with Gasteiger partial charge in [-0.25, -0.2) is 9.97 Å². The van der Waals surface area contributed by atoms with Gasteiger partial charge in [0, 0.05) is 11.5 Å². The normalized spacial score (nSPS) is 9.46. The first-order valence-corrected chi connectivity index (χ1v) is 4.26. The van der Waals surface area contributed by atoms with Crippen LogP contribution in [0.3, 0.4) is 0 Å². The Balaban J connectivity index is 0.000000396. The van der Waals surface area contributed by atoms with Crippen LogP contribution in [0.1, 0.15) is 19.5 Å². The van der Waals surface area contributed by atoms with Crippen LogP contribution in [-0.2, 0) is 0 Å². The number of hydrogen-bond acceptors (Lipinski definition) is 3. The quantitative estimate of drug-likeness (QED) is 0.650. The number of nitrogens with zero attached hydrogens (tertiary/aromatic N) is 2. The van der Waals surface area contributed by atoms with Crippen LogP contribution in [0.15, 0.2) is 12.4 Å². The van der Waals surface area contributed by atoms with Crippen molar-refractivity contribution in [2.24, 2.45) is 0 Å². The van der Waals surface area contributed by atoms with Crippen molar-refractivity contribution in [3.05, 3.63) is 18.1 Å². The van der Waals surface area contributed by atoms with E-state index in [1.54, 1.807) is 6.07 Å². The Hall–Kier alpha value is -1.58. The lowest BCUT2D eigenvalue weighted by molar-refractivity contribution is 0.458. The maximum atomic E-state index is 9.06. The van der Waals surface area contributed by atoms with Gasteiger partial charge in [-0.1, -0.05) is 13.8 Å². The van der Waals surface area contributed by atoms with E-state index in [0.717, 1.165) is 11.1 Å². The molecule has 0 atom stereocenters. The molecule has 0 aromatic carbocycles. The summed E-state index contributed by atoms with van der Waals surface area (Å²) >= 11 is 0. The van der Waals surface area contributed by atoms with Crippen molar-refractivity contribution < 1.29 is 5.11 Å². The number of aromatic nitrogens is 3. The van der Waals surface area contributed by atoms with E-state index >= 15 is 0 Å². The molecule has 70 valence electrons. The van der Waals surface area contributed by atoms with Crippen LogP contribution >= 0.6 is 0 Å². The van der Waals surface area contributed by atoms with Gasteiger partial charge in [0.05, 0.1) is 5.69 Å². The molecule has 0 saturated carbocycles. The topological polar surface area (TPSA) is 61.8 Å². The Morgan fingerprint density at radius 2 is 2.00 bits per heavy atom. The van der Waals surface area contributed by atoms with Crippen LogP contribution in [0.25, 0.3) is 11.0 Å². The van der Waals surface area contributed by atoms with E-state index in [1.165, 1.54) is 6.33 Å². The van der Waals surface area contributed by atoms with E-state index in [9.17, 15) is 0 Å². The van der Waals surface area contributed by atoms with Gasteiger partial charge < -0.3 is 10.1 Å². The van der Waals surface area contributed by atoms with E-state index in [0.29, 0.717) is 5.65 Å². The molecule has 2 N–H and O–H groups in total. The highest BCUT2D eigenvalue weighted by Crippen LogP contribution is 2.18. The minimum atomic E-state index is 0.128. The molecule has 2 rings (SSSR count). The number of fused-ring (bicyclic) bond motifs is 1. The number of aromatic hydroxyl groups is 1. The smallest absolute Gasteiger partial charge is 0.190 e. The average molecular weight is 179 g/mol. The highest BCUT2D eigenvalue weighted by molar-refractivity contribution is 5.79. The first-order valence-electron chi connectivity index (χ1n) is 4.26. The minimum absolute atomic E-state index is 0.128. The molecule has 2 heterocycles. The van der Waals surface area contributed by atoms with Gasteiger partial charge in [0.25, 0.3) is 0 Å². The fourth-order valence-electron chi connectivity index (χ4n) is 1.05. The van der Waals surface area contributed by atoms with Gasteiger partial charge in [-0.15, -0.1) is 0 Å². The monoisotopic (exact) mass is 179 g/mol. The van der Waals surface area contributed by atoms with Gasteiger partial charge in [-0.05, 0) is 6.92 Å². The summed E-state index contributed by atoms with van der Waals surface area (Å²) in [6.07, 6.45) is 1.47. The summed E-state index contributed by atoms with van der Waals surface area (Å²) in [5, 5.41) is 9.92. The van der Waals surface area contributed by atoms with Crippen LogP contribution in [0, 0.1) is 6.92 Å². The molecule has 0 unspecified atom stereocenters. The molecule has 0 aliphatic heterocycles. The first kappa shape index (κ1) is 9.51. The maximum Gasteiger partial charge on any atom is 0.190 e. The van der Waals surface area contributed by atoms with Crippen molar-refractivity contribution >= 4 is 11.0 Å². The number of hydrogen-bond donors (Lipinski definition) is 2. The second-order valence-corrected chi connectivity index (χ2v) is 2.38. The van der Waals surface area contributed by atoms with Gasteiger partial charge in [0.15, 0.2) is 5.88 Å². The van der Waals surface area contributed by atoms with Crippen molar-refractivity contribution in [1.29, 1.82) is 0 Å². The SMILES string of the molecule is CC.Cc1ncnc2[nH]c(O)cc12. The number of nitrogens with one attached hydrogen (secondary N) is 1. The molecule has 0 amide bonds. The van der Waals surface area contributed by atoms with Crippen molar-refractivity contribution in [3.8, 4) is 5.88 Å². The van der Waals surface area contributed by atoms with E-state index in [4.69, 9.17) is 5.11 Å². The fourth-order valence-corrected chi connectivity index (χ4v) is 1.05. The van der Waals surface area contributed by atoms with Crippen LogP contribution in [0.4, 0.5) is 0 Å². The molecule has 0 radical (unpaired) electrons. The fraction of sp³-hybridized carbons (Fsp3) is 0.333. The lowest BCUT2D eigenvalue weighted by Gasteiger charge is -1.89. The van der Waals surface area contributed by atoms with Gasteiger partial charge in [0.1, 0.15) is 12.0 Å². The van der Waals surface area contributed by atoms with Crippen molar-refractivity contribution in [3.63, 3.8) is 0 Å². The molecule has 4 nitrogen and oxygen atoms in total. The lowest BCUT2D eigenvalue weighted by Crippen LogP contribution is -1.83. The highest BCUT2D eigenvalue weighted by Gasteiger charge is 2.01. The lowest BCUT2D eigenvalue weighted by atomic mass is 10.3. The summed E-state index contributed by atoms with van der Waals surface area (Å²) in [6.45, 7) is 5.87. The largest absolute Gasteiger partial charge is 0.495 e. The molecule has 0 fully saturated rings. The zero-order chi connectivity index (χ0) is 9.84. The molecule has 2 aromatic rings. The van der Waals surface area contributed by atoms with Crippen LogP contribution < -0.4 is 0 Å². The highest BCUT2D eigenvalue weighted by atomic mass is 16.3. The third-order valence-electron chi connectivity index (χ3n) is 1.61. The Morgan fingerprint density at radius 3 is 2.62 bits per heavy atom. The maximum absolute atomic E-state index is 9.06. The summed E-state index contributed by atoms with van der Waals surface area (Å²) in [4.78, 5) is 10.6. The van der Waals surface area contributed by atoms with Crippen LogP contribution in [0.5, 0.6) is 5.88 Å². The third-order valence-corrected chi connectivity index (χ3v) is 1.61. The first-order chi connectivity index (χ1) is 6.27. The van der Waals surface area contributed by atoms with Crippen molar-refractivity contribution in [1.82, 2.24) is 15.0 Å². The Kier molecular flexibility index (Phi) is 2.84. The van der Waals surface area contributed by atoms with E-state index in [2.05, 4.69) is 15.0 Å². The van der Waals surface area contributed by atoms with Gasteiger partial charge in [-0.2, -0.15) is 0 Å². The standard InChI is InChI=1S/C7H7N3O.C2H6/c1-4-5-2-6(11)10-7(5)9-3-8-4;1-2/h2-3,11H,1H3,(H,8,9,10);1-2H3. The second kappa shape index (κ2) is 3.89. The summed E-state index contributed by atoms with van der Waals surface area (Å²) in [7, 11) is 0. The number of H-pyrrole nitrogens is 1. The Labute approximate surface area is 76.7 Å². The minimum Gasteiger partial charge on any atom is -0.495 e. The molecule has 0 aliphatic carbocycles. The van der Waals surface area contributed by atoms with E-state index in [-0.39, 0.29) is 5.88 Å². The molecular weight excluding hydrogens is 166 g/mol. The Bertz CT molecular complexity index is 395. The molecule has 0 saturated heterocycles. The number of aromatic amines is 1. The average Bonchev–Trinajstić information content (AvgIpc) is 2.51. The van der Waals surface area contributed by atoms with Gasteiger partial charge in [-0.3, -0.25) is 0 Å². The third kappa shape index (κ3) is 1.77. The zero-order valence-corrected chi connectivity index (χ0v) is 8.00. The zero-order valence-electron chi connectivity index (χ0n) is 8.00. The summed E-state index contributed by atoms with van der Waals surface area (Å²) in [5.41, 5.74) is 1.54. The van der Waals surface area contributed by atoms with Crippen molar-refractivity contribution in [2.75, 3.05) is 0 Å². The van der Waals surface area contributed by atoms with E-state index in [1.807, 2.05) is 20.8 Å². The summed E-state index contributed by atoms with van der Waals surface area (Å²) < 4.78 is 0. The van der Waals surface area contributed by atoms with E-state index < -0.39 is 0 Å². The molecule has 0 spiro atoms. The number of aryl methyl sites for hydroxylation is 1. The molecule has 13 heavy (non-hydrogen) atoms. The molecular formula is C9H13N3O. The van der Waals surface area contributed by atoms with Crippen LogP contribution in [-0.4, -0.2) is 20.1 Å². The molecule has 4 heteroatoms. The van der Waals surface area contributed by atoms with Crippen LogP contribution in [0.2, 0.25) is 0 Å². The number of rotatable bonds is 0. The Morgan fingerprint density at radius 1 is 1.31 bits per heavy atom.